The van der Waals surface area contributed by atoms with Crippen LogP contribution in [0.4, 0.5) is 5.13 Å². The van der Waals surface area contributed by atoms with Crippen LogP contribution in [0.5, 0.6) is 0 Å². The fourth-order valence-corrected chi connectivity index (χ4v) is 1.82. The Kier molecular flexibility index (Phi) is 4.97. The third-order valence-corrected chi connectivity index (χ3v) is 2.78. The number of hydrogen-bond acceptors (Lipinski definition) is 7. The van der Waals surface area contributed by atoms with E-state index in [-0.39, 0.29) is 0 Å². The summed E-state index contributed by atoms with van der Waals surface area (Å²) < 4.78 is 0. The number of aromatic nitrogens is 2. The zero-order valence-electron chi connectivity index (χ0n) is 8.60. The van der Waals surface area contributed by atoms with Crippen LogP contribution in [0.25, 0.3) is 0 Å². The molecule has 7 heteroatoms. The monoisotopic (exact) mass is 226 g/mol. The molecule has 1 aromatic heterocycles. The lowest BCUT2D eigenvalue weighted by Gasteiger charge is -2.16. The smallest absolute Gasteiger partial charge is 0.219 e. The molecule has 0 saturated heterocycles. The third kappa shape index (κ3) is 3.79. The highest BCUT2D eigenvalue weighted by molar-refractivity contribution is 7.15. The molecule has 0 bridgehead atoms. The SMILES string of the molecule is CCN(CCC#N)Cc1nnc(NN)s1. The van der Waals surface area contributed by atoms with Gasteiger partial charge in [-0.05, 0) is 6.54 Å². The fraction of sp³-hybridized carbons (Fsp3) is 0.625. The van der Waals surface area contributed by atoms with Crippen molar-refractivity contribution in [3.05, 3.63) is 5.01 Å². The Morgan fingerprint density at radius 3 is 2.93 bits per heavy atom. The molecule has 15 heavy (non-hydrogen) atoms. The first-order chi connectivity index (χ1) is 7.30. The Morgan fingerprint density at radius 1 is 1.60 bits per heavy atom. The summed E-state index contributed by atoms with van der Waals surface area (Å²) >= 11 is 1.43. The highest BCUT2D eigenvalue weighted by atomic mass is 32.1. The van der Waals surface area contributed by atoms with E-state index in [9.17, 15) is 0 Å². The Hall–Kier alpha value is -1.23. The van der Waals surface area contributed by atoms with Crippen molar-refractivity contribution >= 4 is 16.5 Å². The van der Waals surface area contributed by atoms with Crippen LogP contribution < -0.4 is 11.3 Å². The van der Waals surface area contributed by atoms with E-state index in [1.165, 1.54) is 11.3 Å². The highest BCUT2D eigenvalue weighted by Crippen LogP contribution is 2.15. The molecule has 0 amide bonds. The molecule has 0 aliphatic carbocycles. The van der Waals surface area contributed by atoms with Crippen LogP contribution >= 0.6 is 11.3 Å². The van der Waals surface area contributed by atoms with Crippen LogP contribution in [0.2, 0.25) is 0 Å². The van der Waals surface area contributed by atoms with Gasteiger partial charge < -0.3 is 0 Å². The molecule has 0 aromatic carbocycles. The van der Waals surface area contributed by atoms with Gasteiger partial charge in [-0.15, -0.1) is 10.2 Å². The van der Waals surface area contributed by atoms with Gasteiger partial charge in [0.25, 0.3) is 0 Å². The van der Waals surface area contributed by atoms with E-state index in [2.05, 4.69) is 33.5 Å². The molecule has 0 atom stereocenters. The summed E-state index contributed by atoms with van der Waals surface area (Å²) in [5, 5.41) is 17.8. The molecule has 0 aliphatic heterocycles. The highest BCUT2D eigenvalue weighted by Gasteiger charge is 2.07. The molecular weight excluding hydrogens is 212 g/mol. The van der Waals surface area contributed by atoms with E-state index in [1.807, 2.05) is 0 Å². The molecule has 1 rings (SSSR count). The molecule has 0 spiro atoms. The third-order valence-electron chi connectivity index (χ3n) is 1.94. The van der Waals surface area contributed by atoms with E-state index in [0.717, 1.165) is 24.6 Å². The molecule has 0 unspecified atom stereocenters. The number of rotatable bonds is 6. The molecule has 0 aliphatic rings. The number of nitrogen functional groups attached to an aromatic ring is 1. The maximum absolute atomic E-state index is 8.49. The van der Waals surface area contributed by atoms with Crippen LogP contribution in [0.15, 0.2) is 0 Å². The quantitative estimate of drug-likeness (QED) is 0.544. The average Bonchev–Trinajstić information content (AvgIpc) is 2.71. The Morgan fingerprint density at radius 2 is 2.40 bits per heavy atom. The van der Waals surface area contributed by atoms with Crippen LogP contribution in [0, 0.1) is 11.3 Å². The number of nitrogens with zero attached hydrogens (tertiary/aromatic N) is 4. The van der Waals surface area contributed by atoms with Gasteiger partial charge in [-0.25, -0.2) is 5.84 Å². The zero-order chi connectivity index (χ0) is 11.1. The van der Waals surface area contributed by atoms with Crippen molar-refractivity contribution in [1.82, 2.24) is 15.1 Å². The normalized spacial score (nSPS) is 10.3. The summed E-state index contributed by atoms with van der Waals surface area (Å²) in [4.78, 5) is 2.14. The summed E-state index contributed by atoms with van der Waals surface area (Å²) in [5.41, 5.74) is 2.46. The van der Waals surface area contributed by atoms with Gasteiger partial charge in [0.1, 0.15) is 5.01 Å². The molecular formula is C8H14N6S. The number of hydrogen-bond donors (Lipinski definition) is 2. The van der Waals surface area contributed by atoms with E-state index in [4.69, 9.17) is 11.1 Å². The predicted octanol–water partition coefficient (Wildman–Crippen LogP) is 0.559. The Balaban J connectivity index is 2.47. The summed E-state index contributed by atoms with van der Waals surface area (Å²) in [5.74, 6) is 5.21. The maximum atomic E-state index is 8.49. The molecule has 0 fully saturated rings. The minimum Gasteiger partial charge on any atom is -0.298 e. The van der Waals surface area contributed by atoms with Crippen molar-refractivity contribution in [2.24, 2.45) is 5.84 Å². The lowest BCUT2D eigenvalue weighted by Crippen LogP contribution is -2.23. The van der Waals surface area contributed by atoms with Crippen molar-refractivity contribution in [2.75, 3.05) is 18.5 Å². The lowest BCUT2D eigenvalue weighted by atomic mass is 10.4. The van der Waals surface area contributed by atoms with E-state index in [0.29, 0.717) is 11.6 Å². The van der Waals surface area contributed by atoms with Crippen molar-refractivity contribution in [3.63, 3.8) is 0 Å². The molecule has 6 nitrogen and oxygen atoms in total. The fourth-order valence-electron chi connectivity index (χ4n) is 1.12. The Bertz CT molecular complexity index is 330. The van der Waals surface area contributed by atoms with Crippen molar-refractivity contribution in [1.29, 1.82) is 5.26 Å². The molecule has 1 aromatic rings. The van der Waals surface area contributed by atoms with Gasteiger partial charge in [-0.1, -0.05) is 18.3 Å². The second-order valence-electron chi connectivity index (χ2n) is 2.92. The van der Waals surface area contributed by atoms with Gasteiger partial charge in [0.2, 0.25) is 5.13 Å². The number of anilines is 1. The summed E-state index contributed by atoms with van der Waals surface area (Å²) in [6.07, 6.45) is 0.536. The molecule has 0 saturated carbocycles. The molecule has 3 N–H and O–H groups in total. The minimum atomic E-state index is 0.536. The van der Waals surface area contributed by atoms with E-state index < -0.39 is 0 Å². The Labute approximate surface area is 92.7 Å². The van der Waals surface area contributed by atoms with Gasteiger partial charge >= 0.3 is 0 Å². The number of nitrogens with two attached hydrogens (primary N) is 1. The van der Waals surface area contributed by atoms with Gasteiger partial charge in [-0.2, -0.15) is 5.26 Å². The summed E-state index contributed by atoms with van der Waals surface area (Å²) in [7, 11) is 0. The first-order valence-corrected chi connectivity index (χ1v) is 5.50. The van der Waals surface area contributed by atoms with Gasteiger partial charge in [0, 0.05) is 13.0 Å². The number of nitriles is 1. The van der Waals surface area contributed by atoms with Crippen molar-refractivity contribution in [2.45, 2.75) is 19.9 Å². The van der Waals surface area contributed by atoms with Crippen LogP contribution in [0.3, 0.4) is 0 Å². The van der Waals surface area contributed by atoms with E-state index in [1.54, 1.807) is 0 Å². The van der Waals surface area contributed by atoms with Crippen molar-refractivity contribution < 1.29 is 0 Å². The molecule has 1 heterocycles. The summed E-state index contributed by atoms with van der Waals surface area (Å²) in [6, 6.07) is 2.13. The first kappa shape index (κ1) is 11.8. The first-order valence-electron chi connectivity index (χ1n) is 4.68. The molecule has 0 radical (unpaired) electrons. The second kappa shape index (κ2) is 6.29. The van der Waals surface area contributed by atoms with E-state index >= 15 is 0 Å². The topological polar surface area (TPSA) is 90.9 Å². The molecule has 82 valence electrons. The standard InChI is InChI=1S/C8H14N6S/c1-2-14(5-3-4-9)6-7-12-13-8(11-10)15-7/h2-3,5-6,10H2,1H3,(H,11,13). The summed E-state index contributed by atoms with van der Waals surface area (Å²) in [6.45, 7) is 4.43. The van der Waals surface area contributed by atoms with Crippen LogP contribution in [-0.4, -0.2) is 28.2 Å². The number of nitrogens with one attached hydrogen (secondary N) is 1. The van der Waals surface area contributed by atoms with Crippen LogP contribution in [-0.2, 0) is 6.54 Å². The largest absolute Gasteiger partial charge is 0.298 e. The number of hydrazine groups is 1. The predicted molar refractivity (Wildman–Crippen MR) is 58.9 cm³/mol. The zero-order valence-corrected chi connectivity index (χ0v) is 9.42. The lowest BCUT2D eigenvalue weighted by molar-refractivity contribution is 0.285. The van der Waals surface area contributed by atoms with Crippen molar-refractivity contribution in [3.8, 4) is 6.07 Å². The van der Waals surface area contributed by atoms with Gasteiger partial charge in [0.15, 0.2) is 0 Å². The van der Waals surface area contributed by atoms with Gasteiger partial charge in [0.05, 0.1) is 12.6 Å². The average molecular weight is 226 g/mol. The maximum Gasteiger partial charge on any atom is 0.219 e. The van der Waals surface area contributed by atoms with Gasteiger partial charge in [-0.3, -0.25) is 10.3 Å². The minimum absolute atomic E-state index is 0.536. The second-order valence-corrected chi connectivity index (χ2v) is 3.98. The van der Waals surface area contributed by atoms with Crippen LogP contribution in [0.1, 0.15) is 18.4 Å².